The molecule has 1 aromatic heterocycles. The molecule has 2 unspecified atom stereocenters. The maximum Gasteiger partial charge on any atom is 0.348 e. The number of benzene rings is 1. The fraction of sp³-hybridized carbons (Fsp3) is 0.684. The van der Waals surface area contributed by atoms with Gasteiger partial charge in [0.25, 0.3) is 0 Å². The van der Waals surface area contributed by atoms with Crippen molar-refractivity contribution in [3.8, 4) is 0 Å². The van der Waals surface area contributed by atoms with Crippen molar-refractivity contribution in [2.24, 2.45) is 11.8 Å². The van der Waals surface area contributed by atoms with Crippen molar-refractivity contribution in [2.75, 3.05) is 46.1 Å². The summed E-state index contributed by atoms with van der Waals surface area (Å²) < 4.78 is 28.6. The monoisotopic (exact) mass is 787 g/mol. The van der Waals surface area contributed by atoms with Gasteiger partial charge >= 0.3 is 5.97 Å². The van der Waals surface area contributed by atoms with E-state index in [9.17, 15) is 14.7 Å². The van der Waals surface area contributed by atoms with Crippen LogP contribution in [0.5, 0.6) is 0 Å². The van der Waals surface area contributed by atoms with Gasteiger partial charge in [-0.15, -0.1) is 22.9 Å². The number of halogens is 3. The van der Waals surface area contributed by atoms with E-state index in [2.05, 4.69) is 0 Å². The molecule has 3 heterocycles. The van der Waals surface area contributed by atoms with Crippen LogP contribution in [0, 0.1) is 11.8 Å². The molecule has 1 amide bonds. The Balaban J connectivity index is 1.03. The van der Waals surface area contributed by atoms with Crippen LogP contribution in [0.3, 0.4) is 0 Å². The minimum absolute atomic E-state index is 0.00944. The summed E-state index contributed by atoms with van der Waals surface area (Å²) in [7, 11) is 0. The van der Waals surface area contributed by atoms with Crippen LogP contribution in [0.4, 0.5) is 0 Å². The third kappa shape index (κ3) is 13.4. The third-order valence-electron chi connectivity index (χ3n) is 10.00. The number of aliphatic hydroxyl groups is 1. The van der Waals surface area contributed by atoms with Gasteiger partial charge in [-0.25, -0.2) is 4.79 Å². The number of aliphatic hydroxyl groups excluding tert-OH is 1. The van der Waals surface area contributed by atoms with Crippen molar-refractivity contribution < 1.29 is 38.4 Å². The van der Waals surface area contributed by atoms with Gasteiger partial charge in [0.1, 0.15) is 11.5 Å². The number of nitrogens with zero attached hydrogens (tertiary/aromatic N) is 1. The highest BCUT2D eigenvalue weighted by Crippen LogP contribution is 2.42. The van der Waals surface area contributed by atoms with Crippen molar-refractivity contribution in [1.82, 2.24) is 4.90 Å². The zero-order valence-corrected chi connectivity index (χ0v) is 32.4. The first-order valence-electron chi connectivity index (χ1n) is 18.5. The molecule has 2 aromatic rings. The van der Waals surface area contributed by atoms with Crippen LogP contribution < -0.4 is 0 Å². The Hall–Kier alpha value is -1.47. The standard InChI is InChI=1S/C38H52Cl3NO8S/c39-27-22-26(23-28(40)24-27)10-12-31-30(32(41)25-33(31)43)7-5-6-29-11-13-34(51-29)38(45)50-19-14-35(44)42(15-20-48-36-8-1-3-17-46-36)16-21-49-37-9-2-4-18-47-37/h11,13,22-24,30-33,36-37,43H,1-10,12,14-21,25H2/t30-,31-,32+,33-,36?,37?/m1/s1. The topological polar surface area (TPSA) is 104 Å². The molecule has 0 radical (unpaired) electrons. The second-order valence-electron chi connectivity index (χ2n) is 13.7. The zero-order valence-electron chi connectivity index (χ0n) is 29.3. The summed E-state index contributed by atoms with van der Waals surface area (Å²) in [5.41, 5.74) is 1.06. The molecule has 1 saturated carbocycles. The van der Waals surface area contributed by atoms with E-state index >= 15 is 0 Å². The number of ether oxygens (including phenoxy) is 5. The van der Waals surface area contributed by atoms with Crippen LogP contribution in [0.2, 0.25) is 10.0 Å². The van der Waals surface area contributed by atoms with Gasteiger partial charge in [-0.05, 0) is 125 Å². The number of thiophene rings is 1. The van der Waals surface area contributed by atoms with E-state index in [0.717, 1.165) is 81.1 Å². The van der Waals surface area contributed by atoms with Crippen molar-refractivity contribution in [3.05, 3.63) is 55.7 Å². The maximum absolute atomic E-state index is 13.2. The minimum Gasteiger partial charge on any atom is -0.461 e. The molecule has 5 rings (SSSR count). The molecule has 2 saturated heterocycles. The minimum atomic E-state index is -0.429. The van der Waals surface area contributed by atoms with Crippen molar-refractivity contribution >= 4 is 58.0 Å². The molecule has 9 nitrogen and oxygen atoms in total. The van der Waals surface area contributed by atoms with Crippen molar-refractivity contribution in [2.45, 2.75) is 108 Å². The summed E-state index contributed by atoms with van der Waals surface area (Å²) >= 11 is 20.5. The maximum atomic E-state index is 13.2. The van der Waals surface area contributed by atoms with Gasteiger partial charge in [0.05, 0.1) is 25.7 Å². The fourth-order valence-electron chi connectivity index (χ4n) is 7.25. The number of amides is 1. The van der Waals surface area contributed by atoms with Gasteiger partial charge in [0.2, 0.25) is 5.91 Å². The normalized spacial score (nSPS) is 25.2. The largest absolute Gasteiger partial charge is 0.461 e. The summed E-state index contributed by atoms with van der Waals surface area (Å²) in [4.78, 5) is 29.4. The van der Waals surface area contributed by atoms with Crippen LogP contribution in [-0.2, 0) is 41.3 Å². The Kier molecular flexibility index (Phi) is 17.1. The smallest absolute Gasteiger partial charge is 0.348 e. The molecular formula is C38H52Cl3NO8S. The molecule has 6 atom stereocenters. The van der Waals surface area contributed by atoms with E-state index in [1.54, 1.807) is 17.0 Å². The number of carbonyl (C=O) groups excluding carboxylic acids is 2. The van der Waals surface area contributed by atoms with E-state index in [1.807, 2.05) is 18.2 Å². The lowest BCUT2D eigenvalue weighted by Gasteiger charge is -2.27. The van der Waals surface area contributed by atoms with Crippen LogP contribution in [0.15, 0.2) is 30.3 Å². The quantitative estimate of drug-likeness (QED) is 0.113. The van der Waals surface area contributed by atoms with E-state index in [1.165, 1.54) is 11.3 Å². The third-order valence-corrected chi connectivity index (χ3v) is 12.1. The SMILES string of the molecule is O=C(OCCC(=O)N(CCOC1CCCCO1)CCOC1CCCCO1)c1ccc(CCC[C@@H]2[C@@H](CCc3cc(Cl)cc(Cl)c3)[C@H](O)C[C@@H]2Cl)s1. The van der Waals surface area contributed by atoms with Gasteiger partial charge in [0, 0.05) is 46.6 Å². The molecule has 3 fully saturated rings. The fourth-order valence-corrected chi connectivity index (χ4v) is 9.26. The second kappa shape index (κ2) is 21.4. The first-order chi connectivity index (χ1) is 24.7. The average Bonchev–Trinajstić information content (AvgIpc) is 3.70. The molecule has 2 aliphatic heterocycles. The summed E-state index contributed by atoms with van der Waals surface area (Å²) in [6.07, 6.45) is 9.91. The molecule has 0 bridgehead atoms. The summed E-state index contributed by atoms with van der Waals surface area (Å²) in [6, 6.07) is 9.31. The van der Waals surface area contributed by atoms with Crippen LogP contribution in [0.1, 0.15) is 90.7 Å². The second-order valence-corrected chi connectivity index (χ2v) is 16.3. The molecule has 13 heteroatoms. The van der Waals surface area contributed by atoms with Crippen molar-refractivity contribution in [3.63, 3.8) is 0 Å². The lowest BCUT2D eigenvalue weighted by atomic mass is 9.85. The van der Waals surface area contributed by atoms with Gasteiger partial charge in [-0.3, -0.25) is 4.79 Å². The van der Waals surface area contributed by atoms with Crippen LogP contribution in [0.25, 0.3) is 0 Å². The molecule has 1 aliphatic carbocycles. The first-order valence-corrected chi connectivity index (χ1v) is 20.5. The predicted molar refractivity (Wildman–Crippen MR) is 200 cm³/mol. The number of hydrogen-bond donors (Lipinski definition) is 1. The van der Waals surface area contributed by atoms with E-state index in [0.29, 0.717) is 60.9 Å². The van der Waals surface area contributed by atoms with Gasteiger partial charge in [0.15, 0.2) is 12.6 Å². The lowest BCUT2D eigenvalue weighted by molar-refractivity contribution is -0.173. The Bertz CT molecular complexity index is 1320. The highest BCUT2D eigenvalue weighted by Gasteiger charge is 2.40. The number of rotatable bonds is 19. The molecular weight excluding hydrogens is 737 g/mol. The molecule has 0 spiro atoms. The van der Waals surface area contributed by atoms with Crippen molar-refractivity contribution in [1.29, 1.82) is 0 Å². The average molecular weight is 789 g/mol. The molecule has 284 valence electrons. The summed E-state index contributed by atoms with van der Waals surface area (Å²) in [6.45, 7) is 2.91. The van der Waals surface area contributed by atoms with Gasteiger partial charge in [-0.1, -0.05) is 23.2 Å². The molecule has 51 heavy (non-hydrogen) atoms. The number of hydrogen-bond acceptors (Lipinski definition) is 9. The highest BCUT2D eigenvalue weighted by atomic mass is 35.5. The van der Waals surface area contributed by atoms with Gasteiger partial charge in [-0.2, -0.15) is 0 Å². The molecule has 1 N–H and O–H groups in total. The highest BCUT2D eigenvalue weighted by molar-refractivity contribution is 7.13. The first kappa shape index (κ1) is 40.7. The molecule has 1 aromatic carbocycles. The number of aryl methyl sites for hydroxylation is 2. The summed E-state index contributed by atoms with van der Waals surface area (Å²) in [5, 5.41) is 11.9. The van der Waals surface area contributed by atoms with E-state index in [4.69, 9.17) is 58.5 Å². The van der Waals surface area contributed by atoms with E-state index in [-0.39, 0.29) is 48.7 Å². The lowest BCUT2D eigenvalue weighted by Crippen LogP contribution is -2.39. The predicted octanol–water partition coefficient (Wildman–Crippen LogP) is 8.08. The number of carbonyl (C=O) groups is 2. The van der Waals surface area contributed by atoms with E-state index < -0.39 is 12.1 Å². The van der Waals surface area contributed by atoms with Crippen LogP contribution in [-0.4, -0.2) is 92.1 Å². The Labute approximate surface area is 321 Å². The Morgan fingerprint density at radius 3 is 2.16 bits per heavy atom. The number of esters is 1. The Morgan fingerprint density at radius 1 is 0.863 bits per heavy atom. The summed E-state index contributed by atoms with van der Waals surface area (Å²) in [5.74, 6) is -0.242. The number of alkyl halides is 1. The van der Waals surface area contributed by atoms with Gasteiger partial charge < -0.3 is 33.7 Å². The van der Waals surface area contributed by atoms with Crippen LogP contribution >= 0.6 is 46.1 Å². The molecule has 3 aliphatic rings. The zero-order chi connectivity index (χ0) is 36.0. The Morgan fingerprint density at radius 2 is 1.53 bits per heavy atom.